The Kier molecular flexibility index (Phi) is 4.88. The van der Waals surface area contributed by atoms with E-state index in [-0.39, 0.29) is 6.04 Å². The molecule has 0 amide bonds. The maximum absolute atomic E-state index is 6.01. The van der Waals surface area contributed by atoms with Gasteiger partial charge in [-0.25, -0.2) is 5.43 Å². The summed E-state index contributed by atoms with van der Waals surface area (Å²) in [5.74, 6) is 7.38. The Morgan fingerprint density at radius 3 is 2.58 bits per heavy atom. The number of rotatable bonds is 5. The van der Waals surface area contributed by atoms with E-state index in [4.69, 9.17) is 33.5 Å². The second kappa shape index (κ2) is 6.44. The fourth-order valence-corrected chi connectivity index (χ4v) is 2.24. The van der Waals surface area contributed by atoms with Crippen LogP contribution in [0, 0.1) is 0 Å². The SMILES string of the molecule is CCc1ccc(C(Cc2ccc(Cl)c(Cl)c2)NN)o1. The molecule has 0 aliphatic heterocycles. The molecule has 1 atom stereocenters. The second-order valence-corrected chi connectivity index (χ2v) is 5.14. The number of hydrogen-bond donors (Lipinski definition) is 2. The van der Waals surface area contributed by atoms with Gasteiger partial charge in [-0.05, 0) is 36.2 Å². The number of furan rings is 1. The normalized spacial score (nSPS) is 12.6. The molecule has 1 aromatic carbocycles. The van der Waals surface area contributed by atoms with Crippen LogP contribution < -0.4 is 11.3 Å². The predicted molar refractivity (Wildman–Crippen MR) is 78.3 cm³/mol. The van der Waals surface area contributed by atoms with Crippen molar-refractivity contribution in [2.45, 2.75) is 25.8 Å². The number of nitrogens with one attached hydrogen (secondary N) is 1. The highest BCUT2D eigenvalue weighted by molar-refractivity contribution is 6.42. The highest BCUT2D eigenvalue weighted by atomic mass is 35.5. The van der Waals surface area contributed by atoms with Gasteiger partial charge in [0.15, 0.2) is 0 Å². The average Bonchev–Trinajstić information content (AvgIpc) is 2.88. The van der Waals surface area contributed by atoms with E-state index in [1.54, 1.807) is 6.07 Å². The standard InChI is InChI=1S/C14H16Cl2N2O/c1-2-10-4-6-14(19-10)13(18-17)8-9-3-5-11(15)12(16)7-9/h3-7,13,18H,2,8,17H2,1H3. The van der Waals surface area contributed by atoms with Crippen LogP contribution in [0.3, 0.4) is 0 Å². The molecule has 0 aliphatic carbocycles. The van der Waals surface area contributed by atoms with Crippen molar-refractivity contribution in [1.29, 1.82) is 0 Å². The van der Waals surface area contributed by atoms with Gasteiger partial charge in [-0.3, -0.25) is 5.84 Å². The number of benzene rings is 1. The lowest BCUT2D eigenvalue weighted by atomic mass is 10.0. The molecular formula is C14H16Cl2N2O. The maximum Gasteiger partial charge on any atom is 0.122 e. The molecule has 2 rings (SSSR count). The molecule has 0 bridgehead atoms. The van der Waals surface area contributed by atoms with Gasteiger partial charge in [-0.15, -0.1) is 0 Å². The van der Waals surface area contributed by atoms with Crippen LogP contribution in [0.25, 0.3) is 0 Å². The Morgan fingerprint density at radius 2 is 2.00 bits per heavy atom. The summed E-state index contributed by atoms with van der Waals surface area (Å²) in [6, 6.07) is 9.39. The Bertz CT molecular complexity index is 554. The third-order valence-electron chi connectivity index (χ3n) is 3.00. The fourth-order valence-electron chi connectivity index (χ4n) is 1.92. The quantitative estimate of drug-likeness (QED) is 0.650. The van der Waals surface area contributed by atoms with Gasteiger partial charge in [-0.1, -0.05) is 36.2 Å². The van der Waals surface area contributed by atoms with E-state index in [1.165, 1.54) is 0 Å². The Morgan fingerprint density at radius 1 is 1.21 bits per heavy atom. The summed E-state index contributed by atoms with van der Waals surface area (Å²) in [5, 5.41) is 1.09. The lowest BCUT2D eigenvalue weighted by Crippen LogP contribution is -2.29. The minimum Gasteiger partial charge on any atom is -0.464 e. The van der Waals surface area contributed by atoms with Crippen molar-refractivity contribution >= 4 is 23.2 Å². The summed E-state index contributed by atoms with van der Waals surface area (Å²) in [6.45, 7) is 2.05. The molecule has 3 N–H and O–H groups in total. The monoisotopic (exact) mass is 298 g/mol. The van der Waals surface area contributed by atoms with Gasteiger partial charge >= 0.3 is 0 Å². The molecule has 0 saturated heterocycles. The highest BCUT2D eigenvalue weighted by Crippen LogP contribution is 2.26. The van der Waals surface area contributed by atoms with Gasteiger partial charge in [0.1, 0.15) is 11.5 Å². The zero-order chi connectivity index (χ0) is 13.8. The topological polar surface area (TPSA) is 51.2 Å². The van der Waals surface area contributed by atoms with E-state index in [9.17, 15) is 0 Å². The maximum atomic E-state index is 6.01. The largest absolute Gasteiger partial charge is 0.464 e. The van der Waals surface area contributed by atoms with Crippen molar-refractivity contribution in [2.24, 2.45) is 5.84 Å². The Hall–Kier alpha value is -1.00. The summed E-state index contributed by atoms with van der Waals surface area (Å²) in [4.78, 5) is 0. The summed E-state index contributed by atoms with van der Waals surface area (Å²) in [6.07, 6.45) is 1.55. The second-order valence-electron chi connectivity index (χ2n) is 4.33. The van der Waals surface area contributed by atoms with Gasteiger partial charge in [-0.2, -0.15) is 0 Å². The smallest absolute Gasteiger partial charge is 0.122 e. The fraction of sp³-hybridized carbons (Fsp3) is 0.286. The molecule has 3 nitrogen and oxygen atoms in total. The van der Waals surface area contributed by atoms with Crippen molar-refractivity contribution in [2.75, 3.05) is 0 Å². The van der Waals surface area contributed by atoms with Crippen molar-refractivity contribution in [3.05, 3.63) is 57.5 Å². The van der Waals surface area contributed by atoms with E-state index >= 15 is 0 Å². The third kappa shape index (κ3) is 3.51. The van der Waals surface area contributed by atoms with Crippen molar-refractivity contribution in [1.82, 2.24) is 5.43 Å². The molecule has 102 valence electrons. The molecule has 19 heavy (non-hydrogen) atoms. The molecule has 1 unspecified atom stereocenters. The minimum absolute atomic E-state index is 0.0856. The van der Waals surface area contributed by atoms with Gasteiger partial charge in [0.2, 0.25) is 0 Å². The number of halogens is 2. The molecule has 0 aliphatic rings. The number of aryl methyl sites for hydroxylation is 1. The number of hydrogen-bond acceptors (Lipinski definition) is 3. The molecule has 5 heteroatoms. The van der Waals surface area contributed by atoms with Crippen molar-refractivity contribution < 1.29 is 4.42 Å². The van der Waals surface area contributed by atoms with Gasteiger partial charge in [0.05, 0.1) is 16.1 Å². The highest BCUT2D eigenvalue weighted by Gasteiger charge is 2.15. The molecule has 0 saturated carbocycles. The van der Waals surface area contributed by atoms with Crippen LogP contribution in [0.1, 0.15) is 30.0 Å². The Balaban J connectivity index is 2.16. The van der Waals surface area contributed by atoms with E-state index in [1.807, 2.05) is 31.2 Å². The van der Waals surface area contributed by atoms with Crippen LogP contribution in [-0.4, -0.2) is 0 Å². The zero-order valence-corrected chi connectivity index (χ0v) is 12.1. The first-order valence-electron chi connectivity index (χ1n) is 6.12. The van der Waals surface area contributed by atoms with Crippen LogP contribution in [0.4, 0.5) is 0 Å². The first-order chi connectivity index (χ1) is 9.13. The molecule has 0 spiro atoms. The predicted octanol–water partition coefficient (Wildman–Crippen LogP) is 3.90. The lowest BCUT2D eigenvalue weighted by Gasteiger charge is -2.14. The average molecular weight is 299 g/mol. The zero-order valence-electron chi connectivity index (χ0n) is 10.6. The van der Waals surface area contributed by atoms with Crippen LogP contribution in [0.2, 0.25) is 10.0 Å². The van der Waals surface area contributed by atoms with Crippen LogP contribution in [0.15, 0.2) is 34.7 Å². The molecule has 2 aromatic rings. The van der Waals surface area contributed by atoms with Gasteiger partial charge in [0, 0.05) is 6.42 Å². The third-order valence-corrected chi connectivity index (χ3v) is 3.74. The molecule has 1 heterocycles. The minimum atomic E-state index is -0.0856. The van der Waals surface area contributed by atoms with E-state index in [0.29, 0.717) is 16.5 Å². The van der Waals surface area contributed by atoms with Crippen LogP contribution in [0.5, 0.6) is 0 Å². The van der Waals surface area contributed by atoms with Crippen molar-refractivity contribution in [3.63, 3.8) is 0 Å². The van der Waals surface area contributed by atoms with E-state index in [2.05, 4.69) is 5.43 Å². The first kappa shape index (κ1) is 14.4. The van der Waals surface area contributed by atoms with E-state index < -0.39 is 0 Å². The van der Waals surface area contributed by atoms with Crippen LogP contribution >= 0.6 is 23.2 Å². The van der Waals surface area contributed by atoms with E-state index in [0.717, 1.165) is 23.5 Å². The number of hydrazine groups is 1. The Labute approximate surface area is 122 Å². The summed E-state index contributed by atoms with van der Waals surface area (Å²) >= 11 is 11.9. The first-order valence-corrected chi connectivity index (χ1v) is 6.88. The molecular weight excluding hydrogens is 283 g/mol. The van der Waals surface area contributed by atoms with Crippen molar-refractivity contribution in [3.8, 4) is 0 Å². The van der Waals surface area contributed by atoms with Gasteiger partial charge < -0.3 is 4.42 Å². The summed E-state index contributed by atoms with van der Waals surface area (Å²) in [5.41, 5.74) is 3.82. The van der Waals surface area contributed by atoms with Gasteiger partial charge in [0.25, 0.3) is 0 Å². The summed E-state index contributed by atoms with van der Waals surface area (Å²) < 4.78 is 5.71. The molecule has 0 radical (unpaired) electrons. The number of nitrogens with two attached hydrogens (primary N) is 1. The molecule has 1 aromatic heterocycles. The molecule has 0 fully saturated rings. The lowest BCUT2D eigenvalue weighted by molar-refractivity contribution is 0.396. The van der Waals surface area contributed by atoms with Crippen LogP contribution in [-0.2, 0) is 12.8 Å². The summed E-state index contributed by atoms with van der Waals surface area (Å²) in [7, 11) is 0.